The van der Waals surface area contributed by atoms with E-state index in [2.05, 4.69) is 10.4 Å². The molecule has 0 N–H and O–H groups in total. The molecular formula is C13H11FN4O2S. The van der Waals surface area contributed by atoms with Gasteiger partial charge in [-0.05, 0) is 46.1 Å². The zero-order chi connectivity index (χ0) is 14.8. The highest BCUT2D eigenvalue weighted by Crippen LogP contribution is 2.19. The molecule has 21 heavy (non-hydrogen) atoms. The Labute approximate surface area is 123 Å². The minimum atomic E-state index is -0.399. The third-order valence-corrected chi connectivity index (χ3v) is 3.76. The minimum Gasteiger partial charge on any atom is -0.496 e. The van der Waals surface area contributed by atoms with Gasteiger partial charge in [0, 0.05) is 5.56 Å². The van der Waals surface area contributed by atoms with Crippen molar-refractivity contribution in [1.82, 2.24) is 19.8 Å². The molecule has 0 amide bonds. The maximum atomic E-state index is 13.3. The van der Waals surface area contributed by atoms with Gasteiger partial charge in [-0.3, -0.25) is 0 Å². The number of ether oxygens (including phenoxy) is 1. The first-order valence-corrected chi connectivity index (χ1v) is 6.96. The smallest absolute Gasteiger partial charge is 0.369 e. The van der Waals surface area contributed by atoms with E-state index >= 15 is 0 Å². The molecule has 0 aliphatic carbocycles. The molecule has 0 spiro atoms. The van der Waals surface area contributed by atoms with Gasteiger partial charge in [0.05, 0.1) is 13.7 Å². The van der Waals surface area contributed by atoms with Gasteiger partial charge in [-0.1, -0.05) is 0 Å². The largest absolute Gasteiger partial charge is 0.496 e. The van der Waals surface area contributed by atoms with Crippen LogP contribution < -0.4 is 10.4 Å². The number of tetrazole rings is 1. The summed E-state index contributed by atoms with van der Waals surface area (Å²) in [5.74, 6) is 0.0958. The summed E-state index contributed by atoms with van der Waals surface area (Å²) in [6, 6.07) is 7.72. The van der Waals surface area contributed by atoms with Crippen LogP contribution in [0.3, 0.4) is 0 Å². The molecule has 3 rings (SSSR count). The van der Waals surface area contributed by atoms with Gasteiger partial charge in [-0.25, -0.2) is 9.18 Å². The van der Waals surface area contributed by atoms with Crippen LogP contribution in [0.25, 0.3) is 5.00 Å². The lowest BCUT2D eigenvalue weighted by Gasteiger charge is -2.07. The molecule has 108 valence electrons. The van der Waals surface area contributed by atoms with Gasteiger partial charge >= 0.3 is 5.69 Å². The summed E-state index contributed by atoms with van der Waals surface area (Å²) < 4.78 is 20.9. The first kappa shape index (κ1) is 13.5. The van der Waals surface area contributed by atoms with Crippen molar-refractivity contribution in [1.29, 1.82) is 0 Å². The summed E-state index contributed by atoms with van der Waals surface area (Å²) in [7, 11) is 1.49. The van der Waals surface area contributed by atoms with E-state index < -0.39 is 5.82 Å². The maximum absolute atomic E-state index is 13.3. The number of hydrogen-bond acceptors (Lipinski definition) is 5. The number of benzene rings is 1. The van der Waals surface area contributed by atoms with Gasteiger partial charge in [-0.2, -0.15) is 9.36 Å². The molecule has 0 aliphatic heterocycles. The molecule has 0 saturated carbocycles. The van der Waals surface area contributed by atoms with Gasteiger partial charge in [0.15, 0.2) is 0 Å². The van der Waals surface area contributed by atoms with E-state index in [0.717, 1.165) is 4.68 Å². The average Bonchev–Trinajstić information content (AvgIpc) is 3.10. The standard InChI is InChI=1S/C13H11FN4O2S/c1-20-11-5-4-10(14)7-9(11)8-17-13(19)18(16-15-17)12-3-2-6-21-12/h2-7H,8H2,1H3. The monoisotopic (exact) mass is 306 g/mol. The van der Waals surface area contributed by atoms with Crippen molar-refractivity contribution in [3.8, 4) is 10.8 Å². The van der Waals surface area contributed by atoms with Crippen LogP contribution in [-0.4, -0.2) is 26.9 Å². The Bertz CT molecular complexity index is 810. The number of nitrogens with zero attached hydrogens (tertiary/aromatic N) is 4. The lowest BCUT2D eigenvalue weighted by Crippen LogP contribution is -2.24. The molecule has 0 aliphatic rings. The molecular weight excluding hydrogens is 295 g/mol. The van der Waals surface area contributed by atoms with E-state index in [1.807, 2.05) is 11.4 Å². The minimum absolute atomic E-state index is 0.0884. The topological polar surface area (TPSA) is 61.9 Å². The van der Waals surface area contributed by atoms with E-state index in [0.29, 0.717) is 16.3 Å². The zero-order valence-corrected chi connectivity index (χ0v) is 11.9. The highest BCUT2D eigenvalue weighted by Gasteiger charge is 2.12. The second-order valence-electron chi connectivity index (χ2n) is 4.24. The fourth-order valence-corrected chi connectivity index (χ4v) is 2.60. The van der Waals surface area contributed by atoms with Crippen LogP contribution >= 0.6 is 11.3 Å². The molecule has 0 bridgehead atoms. The average molecular weight is 306 g/mol. The van der Waals surface area contributed by atoms with Crippen LogP contribution in [0.4, 0.5) is 4.39 Å². The van der Waals surface area contributed by atoms with Crippen LogP contribution in [0, 0.1) is 5.82 Å². The molecule has 2 aromatic heterocycles. The Kier molecular flexibility index (Phi) is 3.53. The Balaban J connectivity index is 1.97. The van der Waals surface area contributed by atoms with Crippen LogP contribution in [-0.2, 0) is 6.54 Å². The highest BCUT2D eigenvalue weighted by atomic mass is 32.1. The third kappa shape index (κ3) is 2.57. The lowest BCUT2D eigenvalue weighted by molar-refractivity contribution is 0.405. The first-order valence-electron chi connectivity index (χ1n) is 6.08. The molecule has 2 heterocycles. The van der Waals surface area contributed by atoms with Crippen LogP contribution in [0.5, 0.6) is 5.75 Å². The summed E-state index contributed by atoms with van der Waals surface area (Å²) in [4.78, 5) is 12.2. The fraction of sp³-hybridized carbons (Fsp3) is 0.154. The third-order valence-electron chi connectivity index (χ3n) is 2.92. The normalized spacial score (nSPS) is 10.8. The maximum Gasteiger partial charge on any atom is 0.369 e. The van der Waals surface area contributed by atoms with Gasteiger partial charge in [0.2, 0.25) is 0 Å². The van der Waals surface area contributed by atoms with Crippen molar-refractivity contribution in [2.24, 2.45) is 0 Å². The Morgan fingerprint density at radius 3 is 2.90 bits per heavy atom. The first-order chi connectivity index (χ1) is 10.2. The van der Waals surface area contributed by atoms with Gasteiger partial charge < -0.3 is 4.74 Å². The summed E-state index contributed by atoms with van der Waals surface area (Å²) >= 11 is 1.38. The van der Waals surface area contributed by atoms with E-state index in [1.165, 1.54) is 41.3 Å². The van der Waals surface area contributed by atoms with Crippen molar-refractivity contribution in [2.75, 3.05) is 7.11 Å². The SMILES string of the molecule is COc1ccc(F)cc1Cn1nnn(-c2cccs2)c1=O. The number of aromatic nitrogens is 4. The number of rotatable bonds is 4. The van der Waals surface area contributed by atoms with Crippen LogP contribution in [0.15, 0.2) is 40.5 Å². The summed E-state index contributed by atoms with van der Waals surface area (Å²) in [6.45, 7) is 0.0884. The molecule has 0 unspecified atom stereocenters. The summed E-state index contributed by atoms with van der Waals surface area (Å²) in [5.41, 5.74) is 0.140. The summed E-state index contributed by atoms with van der Waals surface area (Å²) in [5, 5.41) is 10.2. The van der Waals surface area contributed by atoms with Crippen molar-refractivity contribution < 1.29 is 9.13 Å². The van der Waals surface area contributed by atoms with Crippen LogP contribution in [0.2, 0.25) is 0 Å². The molecule has 0 saturated heterocycles. The number of thiophene rings is 1. The second kappa shape index (κ2) is 5.49. The number of methoxy groups -OCH3 is 1. The molecule has 1 aromatic carbocycles. The Morgan fingerprint density at radius 2 is 2.19 bits per heavy atom. The predicted octanol–water partition coefficient (Wildman–Crippen LogP) is 1.69. The molecule has 0 radical (unpaired) electrons. The number of hydrogen-bond donors (Lipinski definition) is 0. The van der Waals surface area contributed by atoms with Gasteiger partial charge in [0.25, 0.3) is 0 Å². The van der Waals surface area contributed by atoms with Crippen LogP contribution in [0.1, 0.15) is 5.56 Å². The quantitative estimate of drug-likeness (QED) is 0.736. The van der Waals surface area contributed by atoms with Gasteiger partial charge in [0.1, 0.15) is 16.6 Å². The van der Waals surface area contributed by atoms with E-state index in [-0.39, 0.29) is 12.2 Å². The lowest BCUT2D eigenvalue weighted by atomic mass is 10.2. The van der Waals surface area contributed by atoms with E-state index in [1.54, 1.807) is 6.07 Å². The fourth-order valence-electron chi connectivity index (χ4n) is 1.93. The Hall–Kier alpha value is -2.48. The van der Waals surface area contributed by atoms with E-state index in [9.17, 15) is 9.18 Å². The predicted molar refractivity (Wildman–Crippen MR) is 75.6 cm³/mol. The van der Waals surface area contributed by atoms with Gasteiger partial charge in [-0.15, -0.1) is 11.3 Å². The second-order valence-corrected chi connectivity index (χ2v) is 5.16. The van der Waals surface area contributed by atoms with Crippen molar-refractivity contribution in [3.05, 3.63) is 57.6 Å². The molecule has 8 heteroatoms. The molecule has 0 atom stereocenters. The van der Waals surface area contributed by atoms with Crippen molar-refractivity contribution >= 4 is 11.3 Å². The molecule has 6 nitrogen and oxygen atoms in total. The van der Waals surface area contributed by atoms with E-state index in [4.69, 9.17) is 4.74 Å². The molecule has 0 fully saturated rings. The zero-order valence-electron chi connectivity index (χ0n) is 11.1. The summed E-state index contributed by atoms with van der Waals surface area (Å²) in [6.07, 6.45) is 0. The number of halogens is 1. The van der Waals surface area contributed by atoms with Crippen molar-refractivity contribution in [3.63, 3.8) is 0 Å². The molecule has 3 aromatic rings. The Morgan fingerprint density at radius 1 is 1.33 bits per heavy atom. The van der Waals surface area contributed by atoms with Crippen molar-refractivity contribution in [2.45, 2.75) is 6.54 Å². The highest BCUT2D eigenvalue weighted by molar-refractivity contribution is 7.12.